The number of aromatic nitrogens is 3. The molecule has 0 unspecified atom stereocenters. The van der Waals surface area contributed by atoms with Crippen LogP contribution in [0.2, 0.25) is 0 Å². The van der Waals surface area contributed by atoms with Crippen LogP contribution in [-0.4, -0.2) is 26.6 Å². The summed E-state index contributed by atoms with van der Waals surface area (Å²) in [5.74, 6) is -1.49. The molecule has 0 saturated carbocycles. The van der Waals surface area contributed by atoms with Crippen LogP contribution in [0.5, 0.6) is 0 Å². The van der Waals surface area contributed by atoms with Gasteiger partial charge in [0, 0.05) is 11.1 Å². The summed E-state index contributed by atoms with van der Waals surface area (Å²) in [6, 6.07) is 11.1. The van der Waals surface area contributed by atoms with E-state index in [0.29, 0.717) is 16.8 Å². The highest BCUT2D eigenvalue weighted by Gasteiger charge is 2.31. The lowest BCUT2D eigenvalue weighted by atomic mass is 10.2. The molecule has 7 nitrogen and oxygen atoms in total. The lowest BCUT2D eigenvalue weighted by Gasteiger charge is -2.09. The van der Waals surface area contributed by atoms with Crippen molar-refractivity contribution in [2.24, 2.45) is 0 Å². The first kappa shape index (κ1) is 23.1. The summed E-state index contributed by atoms with van der Waals surface area (Å²) in [6.45, 7) is 1.54. The highest BCUT2D eigenvalue weighted by Crippen LogP contribution is 2.29. The van der Waals surface area contributed by atoms with Gasteiger partial charge in [-0.3, -0.25) is 20.4 Å². The van der Waals surface area contributed by atoms with E-state index >= 15 is 0 Å². The number of hydrogen-bond donors (Lipinski definition) is 2. The summed E-state index contributed by atoms with van der Waals surface area (Å²) in [6.07, 6.45) is -2.62. The van der Waals surface area contributed by atoms with E-state index in [4.69, 9.17) is 0 Å². The van der Waals surface area contributed by atoms with Gasteiger partial charge in [0.1, 0.15) is 5.82 Å². The number of hydrazine groups is 1. The molecular formula is C22H15F4N5O2S. The topological polar surface area (TPSA) is 88.9 Å². The Morgan fingerprint density at radius 1 is 0.941 bits per heavy atom. The van der Waals surface area contributed by atoms with Crippen LogP contribution in [0.3, 0.4) is 0 Å². The fourth-order valence-electron chi connectivity index (χ4n) is 3.01. The molecule has 0 radical (unpaired) electrons. The first-order valence-electron chi connectivity index (χ1n) is 9.68. The first-order valence-corrected chi connectivity index (χ1v) is 10.5. The van der Waals surface area contributed by atoms with Gasteiger partial charge in [-0.1, -0.05) is 12.1 Å². The molecule has 3 heterocycles. The van der Waals surface area contributed by atoms with Crippen molar-refractivity contribution in [2.75, 3.05) is 0 Å². The molecule has 0 saturated heterocycles. The summed E-state index contributed by atoms with van der Waals surface area (Å²) < 4.78 is 52.5. The molecular weight excluding hydrogens is 474 g/mol. The maximum absolute atomic E-state index is 13.1. The lowest BCUT2D eigenvalue weighted by Crippen LogP contribution is -2.41. The van der Waals surface area contributed by atoms with Gasteiger partial charge in [-0.15, -0.1) is 11.3 Å². The van der Waals surface area contributed by atoms with Crippen LogP contribution in [0, 0.1) is 12.7 Å². The monoisotopic (exact) mass is 489 g/mol. The number of benzene rings is 1. The predicted molar refractivity (Wildman–Crippen MR) is 116 cm³/mol. The van der Waals surface area contributed by atoms with Gasteiger partial charge in [-0.2, -0.15) is 18.3 Å². The van der Waals surface area contributed by atoms with Crippen LogP contribution in [0.15, 0.2) is 60.9 Å². The van der Waals surface area contributed by atoms with Crippen LogP contribution >= 0.6 is 11.3 Å². The number of amides is 2. The third-order valence-electron chi connectivity index (χ3n) is 4.79. The molecule has 1 aromatic carbocycles. The van der Waals surface area contributed by atoms with Gasteiger partial charge in [0.05, 0.1) is 27.9 Å². The molecule has 174 valence electrons. The number of thiophene rings is 1. The van der Waals surface area contributed by atoms with Gasteiger partial charge in [-0.25, -0.2) is 14.1 Å². The second kappa shape index (κ2) is 9.06. The Bertz CT molecular complexity index is 1350. The average Bonchev–Trinajstić information content (AvgIpc) is 3.45. The average molecular weight is 489 g/mol. The number of nitrogens with one attached hydrogen (secondary N) is 2. The zero-order valence-corrected chi connectivity index (χ0v) is 18.2. The Balaban J connectivity index is 1.41. The SMILES string of the molecule is Cc1c(C(=O)NNC(=O)c2ccc(-c3ccc(F)cc3)s2)cnn1-c1ccc(C(F)(F)F)cn1. The van der Waals surface area contributed by atoms with Crippen molar-refractivity contribution in [3.63, 3.8) is 0 Å². The number of pyridine rings is 1. The van der Waals surface area contributed by atoms with Crippen molar-refractivity contribution in [3.05, 3.63) is 88.4 Å². The molecule has 0 aliphatic carbocycles. The van der Waals surface area contributed by atoms with Gasteiger partial charge >= 0.3 is 6.18 Å². The summed E-state index contributed by atoms with van der Waals surface area (Å²) >= 11 is 1.16. The van der Waals surface area contributed by atoms with Gasteiger partial charge < -0.3 is 0 Å². The largest absolute Gasteiger partial charge is 0.417 e. The number of hydrogen-bond acceptors (Lipinski definition) is 5. The molecule has 4 rings (SSSR count). The van der Waals surface area contributed by atoms with Crippen LogP contribution in [0.4, 0.5) is 17.6 Å². The molecule has 34 heavy (non-hydrogen) atoms. The maximum Gasteiger partial charge on any atom is 0.417 e. The molecule has 0 aliphatic heterocycles. The van der Waals surface area contributed by atoms with Gasteiger partial charge in [0.15, 0.2) is 5.82 Å². The lowest BCUT2D eigenvalue weighted by molar-refractivity contribution is -0.137. The number of alkyl halides is 3. The number of rotatable bonds is 4. The zero-order chi connectivity index (χ0) is 24.5. The Hall–Kier alpha value is -4.06. The Kier molecular flexibility index (Phi) is 6.16. The van der Waals surface area contributed by atoms with Crippen LogP contribution in [-0.2, 0) is 6.18 Å². The van der Waals surface area contributed by atoms with Crippen molar-refractivity contribution in [1.29, 1.82) is 0 Å². The van der Waals surface area contributed by atoms with Gasteiger partial charge in [0.25, 0.3) is 11.8 Å². The van der Waals surface area contributed by atoms with Crippen molar-refractivity contribution in [1.82, 2.24) is 25.6 Å². The van der Waals surface area contributed by atoms with E-state index in [9.17, 15) is 27.2 Å². The van der Waals surface area contributed by atoms with Crippen molar-refractivity contribution in [3.8, 4) is 16.3 Å². The third-order valence-corrected chi connectivity index (χ3v) is 5.93. The van der Waals surface area contributed by atoms with Gasteiger partial charge in [0.2, 0.25) is 0 Å². The molecule has 4 aromatic rings. The van der Waals surface area contributed by atoms with Crippen LogP contribution in [0.1, 0.15) is 31.3 Å². The minimum atomic E-state index is -4.52. The molecule has 2 N–H and O–H groups in total. The highest BCUT2D eigenvalue weighted by molar-refractivity contribution is 7.17. The molecule has 0 fully saturated rings. The van der Waals surface area contributed by atoms with E-state index in [1.165, 1.54) is 29.9 Å². The third kappa shape index (κ3) is 4.81. The van der Waals surface area contributed by atoms with Crippen LogP contribution in [0.25, 0.3) is 16.3 Å². The quantitative estimate of drug-likeness (QED) is 0.326. The minimum absolute atomic E-state index is 0.0974. The van der Waals surface area contributed by atoms with Crippen molar-refractivity contribution in [2.45, 2.75) is 13.1 Å². The zero-order valence-electron chi connectivity index (χ0n) is 17.4. The number of halogens is 4. The van der Waals surface area contributed by atoms with Crippen molar-refractivity contribution < 1.29 is 27.2 Å². The Labute approximate surface area is 194 Å². The van der Waals surface area contributed by atoms with Crippen molar-refractivity contribution >= 4 is 23.2 Å². The first-order chi connectivity index (χ1) is 16.1. The van der Waals surface area contributed by atoms with E-state index in [0.717, 1.165) is 33.9 Å². The summed E-state index contributed by atoms with van der Waals surface area (Å²) in [5, 5.41) is 4.00. The molecule has 3 aromatic heterocycles. The molecule has 0 atom stereocenters. The van der Waals surface area contributed by atoms with Gasteiger partial charge in [-0.05, 0) is 48.9 Å². The summed E-state index contributed by atoms with van der Waals surface area (Å²) in [4.78, 5) is 29.7. The minimum Gasteiger partial charge on any atom is -0.267 e. The number of carbonyl (C=O) groups excluding carboxylic acids is 2. The standard InChI is InChI=1S/C22H15F4N5O2S/c1-12-16(11-28-31(12)19-9-4-14(10-27-19)22(24,25)26)20(32)29-30-21(33)18-8-7-17(34-18)13-2-5-15(23)6-3-13/h2-11H,1H3,(H,29,32)(H,30,33). The number of nitrogens with zero attached hydrogens (tertiary/aromatic N) is 3. The van der Waals surface area contributed by atoms with E-state index in [1.54, 1.807) is 24.3 Å². The molecule has 0 aliphatic rings. The highest BCUT2D eigenvalue weighted by atomic mass is 32.1. The van der Waals surface area contributed by atoms with E-state index in [1.807, 2.05) is 0 Å². The second-order valence-corrected chi connectivity index (χ2v) is 8.12. The normalized spacial score (nSPS) is 11.3. The fraction of sp³-hybridized carbons (Fsp3) is 0.0909. The van der Waals surface area contributed by atoms with E-state index < -0.39 is 23.6 Å². The molecule has 0 bridgehead atoms. The maximum atomic E-state index is 13.1. The molecule has 2 amide bonds. The van der Waals surface area contributed by atoms with E-state index in [-0.39, 0.29) is 17.2 Å². The second-order valence-electron chi connectivity index (χ2n) is 7.04. The molecule has 12 heteroatoms. The summed E-state index contributed by atoms with van der Waals surface area (Å²) in [5.41, 5.74) is 4.84. The molecule has 0 spiro atoms. The Morgan fingerprint density at radius 2 is 1.65 bits per heavy atom. The smallest absolute Gasteiger partial charge is 0.267 e. The van der Waals surface area contributed by atoms with E-state index in [2.05, 4.69) is 20.9 Å². The summed E-state index contributed by atoms with van der Waals surface area (Å²) in [7, 11) is 0. The number of carbonyl (C=O) groups is 2. The van der Waals surface area contributed by atoms with Crippen LogP contribution < -0.4 is 10.9 Å². The fourth-order valence-corrected chi connectivity index (χ4v) is 3.92. The predicted octanol–water partition coefficient (Wildman–Crippen LogP) is 4.54. The Morgan fingerprint density at radius 3 is 2.29 bits per heavy atom.